The van der Waals surface area contributed by atoms with E-state index in [4.69, 9.17) is 11.6 Å². The summed E-state index contributed by atoms with van der Waals surface area (Å²) in [6.07, 6.45) is 1.95. The number of aromatic nitrogens is 3. The van der Waals surface area contributed by atoms with Crippen molar-refractivity contribution in [3.63, 3.8) is 0 Å². The van der Waals surface area contributed by atoms with Gasteiger partial charge in [0.1, 0.15) is 5.69 Å². The van der Waals surface area contributed by atoms with E-state index in [1.54, 1.807) is 0 Å². The highest BCUT2D eigenvalue weighted by Crippen LogP contribution is 2.34. The van der Waals surface area contributed by atoms with E-state index < -0.39 is 0 Å². The van der Waals surface area contributed by atoms with E-state index in [1.165, 1.54) is 19.2 Å². The predicted molar refractivity (Wildman–Crippen MR) is 113 cm³/mol. The third-order valence-corrected chi connectivity index (χ3v) is 5.28. The van der Waals surface area contributed by atoms with Gasteiger partial charge in [-0.3, -0.25) is 9.59 Å². The number of nitrogens with zero attached hydrogens (tertiary/aromatic N) is 2. The van der Waals surface area contributed by atoms with Crippen molar-refractivity contribution in [2.75, 3.05) is 6.54 Å². The van der Waals surface area contributed by atoms with Gasteiger partial charge < -0.3 is 10.3 Å². The molecule has 0 fully saturated rings. The molecule has 0 saturated carbocycles. The van der Waals surface area contributed by atoms with Crippen molar-refractivity contribution in [3.05, 3.63) is 99.1 Å². The number of hydrogen-bond donors (Lipinski definition) is 2. The molecular weight excluding hydrogens is 388 g/mol. The van der Waals surface area contributed by atoms with E-state index >= 15 is 0 Å². The van der Waals surface area contributed by atoms with Gasteiger partial charge in [0.25, 0.3) is 11.5 Å². The molecular formula is C22H19ClN4O2. The summed E-state index contributed by atoms with van der Waals surface area (Å²) in [6.45, 7) is 0.328. The minimum absolute atomic E-state index is 0.156. The SMILES string of the molecule is Cn1nc(C(=O)NC[C@@H](c2ccccc2Cl)c2c[nH]c3ccccc23)ccc1=O. The fraction of sp³-hybridized carbons (Fsp3) is 0.136. The Morgan fingerprint density at radius 1 is 1.10 bits per heavy atom. The first kappa shape index (κ1) is 19.0. The minimum Gasteiger partial charge on any atom is -0.361 e. The van der Waals surface area contributed by atoms with E-state index in [9.17, 15) is 9.59 Å². The van der Waals surface area contributed by atoms with E-state index in [1.807, 2.05) is 54.7 Å². The van der Waals surface area contributed by atoms with Crippen LogP contribution in [0.4, 0.5) is 0 Å². The lowest BCUT2D eigenvalue weighted by Gasteiger charge is -2.19. The van der Waals surface area contributed by atoms with E-state index in [0.717, 1.165) is 26.7 Å². The molecule has 29 heavy (non-hydrogen) atoms. The van der Waals surface area contributed by atoms with Crippen molar-refractivity contribution < 1.29 is 4.79 Å². The van der Waals surface area contributed by atoms with Crippen molar-refractivity contribution in [1.82, 2.24) is 20.1 Å². The molecule has 0 aliphatic heterocycles. The maximum absolute atomic E-state index is 12.6. The van der Waals surface area contributed by atoms with Crippen LogP contribution in [0.1, 0.15) is 27.5 Å². The third-order valence-electron chi connectivity index (χ3n) is 4.94. The number of para-hydroxylation sites is 1. The molecule has 4 aromatic rings. The van der Waals surface area contributed by atoms with Crippen LogP contribution in [0.5, 0.6) is 0 Å². The number of fused-ring (bicyclic) bond motifs is 1. The number of amides is 1. The Balaban J connectivity index is 1.68. The Kier molecular flexibility index (Phi) is 5.18. The van der Waals surface area contributed by atoms with E-state index in [-0.39, 0.29) is 23.1 Å². The second kappa shape index (κ2) is 7.93. The molecule has 2 heterocycles. The van der Waals surface area contributed by atoms with Gasteiger partial charge in [0.2, 0.25) is 0 Å². The zero-order valence-electron chi connectivity index (χ0n) is 15.7. The number of rotatable bonds is 5. The van der Waals surface area contributed by atoms with Crippen molar-refractivity contribution in [3.8, 4) is 0 Å². The smallest absolute Gasteiger partial charge is 0.271 e. The summed E-state index contributed by atoms with van der Waals surface area (Å²) < 4.78 is 1.14. The van der Waals surface area contributed by atoms with Crippen molar-refractivity contribution >= 4 is 28.4 Å². The number of benzene rings is 2. The van der Waals surface area contributed by atoms with Crippen LogP contribution in [0.15, 0.2) is 71.7 Å². The standard InChI is InChI=1S/C22H19ClN4O2/c1-27-21(28)11-10-20(26-27)22(29)25-13-16(14-6-2-4-8-18(14)23)17-12-24-19-9-5-3-7-15(17)19/h2-12,16,24H,13H2,1H3,(H,25,29)/t16-/m0/s1. The molecule has 0 radical (unpaired) electrons. The maximum atomic E-state index is 12.6. The molecule has 0 saturated heterocycles. The highest BCUT2D eigenvalue weighted by atomic mass is 35.5. The molecule has 2 N–H and O–H groups in total. The number of aromatic amines is 1. The average Bonchev–Trinajstić information content (AvgIpc) is 3.15. The summed E-state index contributed by atoms with van der Waals surface area (Å²) in [4.78, 5) is 27.4. The summed E-state index contributed by atoms with van der Waals surface area (Å²) in [5.41, 5.74) is 2.90. The van der Waals surface area contributed by atoms with Crippen LogP contribution >= 0.6 is 11.6 Å². The van der Waals surface area contributed by atoms with Gasteiger partial charge >= 0.3 is 0 Å². The van der Waals surface area contributed by atoms with Gasteiger partial charge in [-0.2, -0.15) is 5.10 Å². The Morgan fingerprint density at radius 3 is 2.66 bits per heavy atom. The first-order valence-corrected chi connectivity index (χ1v) is 9.55. The van der Waals surface area contributed by atoms with Crippen molar-refractivity contribution in [1.29, 1.82) is 0 Å². The van der Waals surface area contributed by atoms with Crippen molar-refractivity contribution in [2.24, 2.45) is 7.05 Å². The first-order chi connectivity index (χ1) is 14.0. The maximum Gasteiger partial charge on any atom is 0.271 e. The van der Waals surface area contributed by atoms with Crippen LogP contribution in [-0.2, 0) is 7.05 Å². The number of halogens is 1. The largest absolute Gasteiger partial charge is 0.361 e. The summed E-state index contributed by atoms with van der Waals surface area (Å²) in [6, 6.07) is 18.4. The van der Waals surface area contributed by atoms with Gasteiger partial charge in [0.05, 0.1) is 0 Å². The Bertz CT molecular complexity index is 1240. The molecule has 0 spiro atoms. The fourth-order valence-electron chi connectivity index (χ4n) is 3.44. The lowest BCUT2D eigenvalue weighted by molar-refractivity contribution is 0.0945. The second-order valence-corrected chi connectivity index (χ2v) is 7.16. The summed E-state index contributed by atoms with van der Waals surface area (Å²) in [7, 11) is 1.51. The number of carbonyl (C=O) groups excluding carboxylic acids is 1. The number of aryl methyl sites for hydroxylation is 1. The summed E-state index contributed by atoms with van der Waals surface area (Å²) >= 11 is 6.48. The molecule has 0 aliphatic rings. The molecule has 0 aliphatic carbocycles. The molecule has 0 unspecified atom stereocenters. The number of carbonyl (C=O) groups is 1. The summed E-state index contributed by atoms with van der Waals surface area (Å²) in [5.74, 6) is -0.506. The lowest BCUT2D eigenvalue weighted by Crippen LogP contribution is -2.31. The van der Waals surface area contributed by atoms with Crippen molar-refractivity contribution in [2.45, 2.75) is 5.92 Å². The lowest BCUT2D eigenvalue weighted by atomic mass is 9.90. The van der Waals surface area contributed by atoms with Gasteiger partial charge in [-0.25, -0.2) is 4.68 Å². The van der Waals surface area contributed by atoms with Gasteiger partial charge in [-0.15, -0.1) is 0 Å². The van der Waals surface area contributed by atoms with Crippen LogP contribution in [0.25, 0.3) is 10.9 Å². The Morgan fingerprint density at radius 2 is 1.86 bits per heavy atom. The van der Waals surface area contributed by atoms with Gasteiger partial charge in [0.15, 0.2) is 0 Å². The molecule has 0 bridgehead atoms. The Hall–Kier alpha value is -3.38. The van der Waals surface area contributed by atoms with E-state index in [0.29, 0.717) is 11.6 Å². The molecule has 1 amide bonds. The van der Waals surface area contributed by atoms with Gasteiger partial charge in [-0.05, 0) is 29.3 Å². The Labute approximate surface area is 172 Å². The predicted octanol–water partition coefficient (Wildman–Crippen LogP) is 3.48. The number of hydrogen-bond acceptors (Lipinski definition) is 3. The molecule has 146 valence electrons. The highest BCUT2D eigenvalue weighted by Gasteiger charge is 2.21. The molecule has 2 aromatic carbocycles. The number of nitrogens with one attached hydrogen (secondary N) is 2. The van der Waals surface area contributed by atoms with Crippen LogP contribution in [0.3, 0.4) is 0 Å². The van der Waals surface area contributed by atoms with Gasteiger partial charge in [-0.1, -0.05) is 48.0 Å². The third kappa shape index (κ3) is 3.79. The van der Waals surface area contributed by atoms with Crippen LogP contribution < -0.4 is 10.9 Å². The minimum atomic E-state index is -0.350. The molecule has 7 heteroatoms. The van der Waals surface area contributed by atoms with Crippen LogP contribution in [0.2, 0.25) is 5.02 Å². The van der Waals surface area contributed by atoms with Gasteiger partial charge in [0, 0.05) is 47.7 Å². The quantitative estimate of drug-likeness (QED) is 0.532. The first-order valence-electron chi connectivity index (χ1n) is 9.17. The molecule has 6 nitrogen and oxygen atoms in total. The summed E-state index contributed by atoms with van der Waals surface area (Å²) in [5, 5.41) is 8.66. The number of H-pyrrole nitrogens is 1. The zero-order valence-corrected chi connectivity index (χ0v) is 16.5. The van der Waals surface area contributed by atoms with Crippen LogP contribution in [-0.4, -0.2) is 27.2 Å². The topological polar surface area (TPSA) is 79.8 Å². The molecule has 4 rings (SSSR count). The second-order valence-electron chi connectivity index (χ2n) is 6.75. The highest BCUT2D eigenvalue weighted by molar-refractivity contribution is 6.31. The zero-order chi connectivity index (χ0) is 20.4. The monoisotopic (exact) mass is 406 g/mol. The average molecular weight is 407 g/mol. The van der Waals surface area contributed by atoms with Crippen LogP contribution in [0, 0.1) is 0 Å². The fourth-order valence-corrected chi connectivity index (χ4v) is 3.70. The normalized spacial score (nSPS) is 12.1. The van der Waals surface area contributed by atoms with E-state index in [2.05, 4.69) is 15.4 Å². The molecule has 2 aromatic heterocycles. The molecule has 1 atom stereocenters.